The van der Waals surface area contributed by atoms with Crippen LogP contribution in [-0.4, -0.2) is 47.9 Å². The topological polar surface area (TPSA) is 67.4 Å². The van der Waals surface area contributed by atoms with Crippen molar-refractivity contribution in [3.05, 3.63) is 42.2 Å². The summed E-state index contributed by atoms with van der Waals surface area (Å²) in [6, 6.07) is 6.13. The second-order valence-corrected chi connectivity index (χ2v) is 6.72. The highest BCUT2D eigenvalue weighted by atomic mass is 32.2. The Morgan fingerprint density at radius 3 is 2.56 bits per heavy atom. The van der Waals surface area contributed by atoms with Crippen LogP contribution in [0.5, 0.6) is 0 Å². The molecule has 0 unspecified atom stereocenters. The number of benzene rings is 1. The first-order valence-electron chi connectivity index (χ1n) is 8.16. The van der Waals surface area contributed by atoms with E-state index in [9.17, 15) is 18.0 Å². The summed E-state index contributed by atoms with van der Waals surface area (Å²) in [6.45, 7) is 2.77. The van der Waals surface area contributed by atoms with Crippen molar-refractivity contribution < 1.29 is 22.7 Å². The Kier molecular flexibility index (Phi) is 6.17. The fraction of sp³-hybridized carbons (Fsp3) is 0.353. The van der Waals surface area contributed by atoms with Crippen molar-refractivity contribution >= 4 is 29.2 Å². The van der Waals surface area contributed by atoms with Crippen molar-refractivity contribution in [1.82, 2.24) is 9.97 Å². The van der Waals surface area contributed by atoms with E-state index in [1.807, 2.05) is 0 Å². The Balaban J connectivity index is 1.53. The van der Waals surface area contributed by atoms with Crippen LogP contribution in [0.1, 0.15) is 5.56 Å². The van der Waals surface area contributed by atoms with Crippen LogP contribution in [0, 0.1) is 0 Å². The molecule has 0 aliphatic carbocycles. The molecule has 0 radical (unpaired) electrons. The van der Waals surface area contributed by atoms with E-state index in [0.717, 1.165) is 31.0 Å². The number of amides is 1. The third kappa shape index (κ3) is 5.57. The first kappa shape index (κ1) is 19.4. The predicted molar refractivity (Wildman–Crippen MR) is 95.9 cm³/mol. The van der Waals surface area contributed by atoms with Gasteiger partial charge < -0.3 is 15.0 Å². The van der Waals surface area contributed by atoms with E-state index < -0.39 is 11.7 Å². The summed E-state index contributed by atoms with van der Waals surface area (Å²) < 4.78 is 42.9. The normalized spacial score (nSPS) is 14.9. The molecule has 1 aromatic carbocycles. The average molecular weight is 398 g/mol. The molecule has 1 fully saturated rings. The van der Waals surface area contributed by atoms with Crippen molar-refractivity contribution in [3.8, 4) is 0 Å². The van der Waals surface area contributed by atoms with Crippen LogP contribution >= 0.6 is 11.8 Å². The number of hydrogen-bond donors (Lipinski definition) is 1. The number of thioether (sulfide) groups is 1. The van der Waals surface area contributed by atoms with Gasteiger partial charge in [0, 0.05) is 24.8 Å². The zero-order valence-electron chi connectivity index (χ0n) is 14.2. The van der Waals surface area contributed by atoms with Gasteiger partial charge in [-0.2, -0.15) is 13.2 Å². The first-order valence-corrected chi connectivity index (χ1v) is 9.15. The molecule has 1 aromatic heterocycles. The summed E-state index contributed by atoms with van der Waals surface area (Å²) in [7, 11) is 0. The van der Waals surface area contributed by atoms with Gasteiger partial charge in [-0.05, 0) is 24.3 Å². The van der Waals surface area contributed by atoms with Crippen LogP contribution in [0.25, 0.3) is 0 Å². The van der Waals surface area contributed by atoms with Crippen LogP contribution in [-0.2, 0) is 15.7 Å². The van der Waals surface area contributed by atoms with E-state index in [1.54, 1.807) is 6.07 Å². The SMILES string of the molecule is O=C(CSc1cc(N2CCOCC2)ncn1)Nc1ccc(C(F)(F)F)cc1. The maximum absolute atomic E-state index is 12.5. The summed E-state index contributed by atoms with van der Waals surface area (Å²) in [5, 5.41) is 3.22. The van der Waals surface area contributed by atoms with Gasteiger partial charge in [0.25, 0.3) is 0 Å². The fourth-order valence-electron chi connectivity index (χ4n) is 2.45. The van der Waals surface area contributed by atoms with Crippen molar-refractivity contribution in [3.63, 3.8) is 0 Å². The number of rotatable bonds is 5. The second-order valence-electron chi connectivity index (χ2n) is 5.73. The van der Waals surface area contributed by atoms with Gasteiger partial charge in [-0.1, -0.05) is 11.8 Å². The minimum atomic E-state index is -4.40. The molecule has 6 nitrogen and oxygen atoms in total. The Morgan fingerprint density at radius 1 is 1.19 bits per heavy atom. The largest absolute Gasteiger partial charge is 0.416 e. The minimum absolute atomic E-state index is 0.0839. The van der Waals surface area contributed by atoms with Gasteiger partial charge in [-0.15, -0.1) is 0 Å². The smallest absolute Gasteiger partial charge is 0.378 e. The Bertz CT molecular complexity index is 780. The first-order chi connectivity index (χ1) is 12.9. The molecule has 1 amide bonds. The monoisotopic (exact) mass is 398 g/mol. The third-order valence-electron chi connectivity index (χ3n) is 3.81. The third-order valence-corrected chi connectivity index (χ3v) is 4.74. The molecule has 1 aliphatic heterocycles. The van der Waals surface area contributed by atoms with Gasteiger partial charge in [-0.3, -0.25) is 4.79 Å². The van der Waals surface area contributed by atoms with E-state index in [4.69, 9.17) is 4.74 Å². The summed E-state index contributed by atoms with van der Waals surface area (Å²) in [4.78, 5) is 22.5. The summed E-state index contributed by atoms with van der Waals surface area (Å²) in [6.07, 6.45) is -2.95. The molecule has 0 saturated carbocycles. The Morgan fingerprint density at radius 2 is 1.89 bits per heavy atom. The maximum atomic E-state index is 12.5. The van der Waals surface area contributed by atoms with Crippen LogP contribution < -0.4 is 10.2 Å². The van der Waals surface area contributed by atoms with Crippen LogP contribution in [0.2, 0.25) is 0 Å². The Hall–Kier alpha value is -2.33. The number of aromatic nitrogens is 2. The van der Waals surface area contributed by atoms with Gasteiger partial charge in [0.1, 0.15) is 17.2 Å². The van der Waals surface area contributed by atoms with E-state index in [2.05, 4.69) is 20.2 Å². The molecule has 3 rings (SSSR count). The number of carbonyl (C=O) groups excluding carboxylic acids is 1. The van der Waals surface area contributed by atoms with Crippen molar-refractivity contribution in [2.45, 2.75) is 11.2 Å². The van der Waals surface area contributed by atoms with Crippen LogP contribution in [0.15, 0.2) is 41.7 Å². The fourth-order valence-corrected chi connectivity index (χ4v) is 3.11. The number of morpholine rings is 1. The van der Waals surface area contributed by atoms with Crippen LogP contribution in [0.4, 0.5) is 24.7 Å². The number of carbonyl (C=O) groups is 1. The molecule has 27 heavy (non-hydrogen) atoms. The summed E-state index contributed by atoms with van der Waals surface area (Å²) >= 11 is 1.23. The van der Waals surface area contributed by atoms with E-state index in [1.165, 1.54) is 30.2 Å². The van der Waals surface area contributed by atoms with Crippen molar-refractivity contribution in [2.24, 2.45) is 0 Å². The van der Waals surface area contributed by atoms with Gasteiger partial charge in [-0.25, -0.2) is 9.97 Å². The lowest BCUT2D eigenvalue weighted by atomic mass is 10.2. The summed E-state index contributed by atoms with van der Waals surface area (Å²) in [5.74, 6) is 0.533. The highest BCUT2D eigenvalue weighted by Crippen LogP contribution is 2.30. The second kappa shape index (κ2) is 8.57. The number of hydrogen-bond acceptors (Lipinski definition) is 6. The average Bonchev–Trinajstić information content (AvgIpc) is 2.67. The standard InChI is InChI=1S/C17H17F3N4O2S/c18-17(19,20)12-1-3-13(4-2-12)23-15(25)10-27-16-9-14(21-11-22-16)24-5-7-26-8-6-24/h1-4,9,11H,5-8,10H2,(H,23,25). The molecule has 0 bridgehead atoms. The zero-order valence-corrected chi connectivity index (χ0v) is 15.0. The van der Waals surface area contributed by atoms with E-state index in [0.29, 0.717) is 23.9 Å². The number of halogens is 3. The number of alkyl halides is 3. The molecule has 2 aromatic rings. The van der Waals surface area contributed by atoms with Crippen molar-refractivity contribution in [2.75, 3.05) is 42.3 Å². The number of anilines is 2. The van der Waals surface area contributed by atoms with E-state index in [-0.39, 0.29) is 11.7 Å². The minimum Gasteiger partial charge on any atom is -0.378 e. The van der Waals surface area contributed by atoms with Gasteiger partial charge >= 0.3 is 6.18 Å². The predicted octanol–water partition coefficient (Wildman–Crippen LogP) is 3.06. The van der Waals surface area contributed by atoms with Gasteiger partial charge in [0.2, 0.25) is 5.91 Å². The van der Waals surface area contributed by atoms with Gasteiger partial charge in [0.15, 0.2) is 0 Å². The molecule has 144 valence electrons. The quantitative estimate of drug-likeness (QED) is 0.617. The highest BCUT2D eigenvalue weighted by molar-refractivity contribution is 7.99. The molecule has 0 atom stereocenters. The van der Waals surface area contributed by atoms with Gasteiger partial charge in [0.05, 0.1) is 24.5 Å². The molecular weight excluding hydrogens is 381 g/mol. The van der Waals surface area contributed by atoms with Crippen molar-refractivity contribution in [1.29, 1.82) is 0 Å². The molecule has 10 heteroatoms. The molecule has 1 saturated heterocycles. The molecule has 1 N–H and O–H groups in total. The maximum Gasteiger partial charge on any atom is 0.416 e. The van der Waals surface area contributed by atoms with E-state index >= 15 is 0 Å². The number of nitrogens with zero attached hydrogens (tertiary/aromatic N) is 3. The molecule has 2 heterocycles. The molecule has 0 spiro atoms. The number of ether oxygens (including phenoxy) is 1. The lowest BCUT2D eigenvalue weighted by Crippen LogP contribution is -2.36. The Labute approximate surface area is 158 Å². The zero-order chi connectivity index (χ0) is 19.3. The van der Waals surface area contributed by atoms with Crippen LogP contribution in [0.3, 0.4) is 0 Å². The highest BCUT2D eigenvalue weighted by Gasteiger charge is 2.30. The lowest BCUT2D eigenvalue weighted by Gasteiger charge is -2.27. The molecule has 1 aliphatic rings. The lowest BCUT2D eigenvalue weighted by molar-refractivity contribution is -0.137. The number of nitrogens with one attached hydrogen (secondary N) is 1. The summed E-state index contributed by atoms with van der Waals surface area (Å²) in [5.41, 5.74) is -0.447. The molecular formula is C17H17F3N4O2S.